The number of benzene rings is 2. The lowest BCUT2D eigenvalue weighted by molar-refractivity contribution is -0.140. The average Bonchev–Trinajstić information content (AvgIpc) is 2.82. The van der Waals surface area contributed by atoms with Gasteiger partial charge in [0.25, 0.3) is 5.91 Å². The Morgan fingerprint density at radius 1 is 1.08 bits per heavy atom. The number of hydrogen-bond acceptors (Lipinski definition) is 4. The number of nitrogens with one attached hydrogen (secondary N) is 3. The third-order valence-electron chi connectivity index (χ3n) is 7.16. The lowest BCUT2D eigenvalue weighted by atomic mass is 9.75. The van der Waals surface area contributed by atoms with Crippen molar-refractivity contribution in [3.8, 4) is 0 Å². The molecule has 2 fully saturated rings. The van der Waals surface area contributed by atoms with Crippen LogP contribution in [0.2, 0.25) is 0 Å². The third kappa shape index (κ3) is 5.38. The summed E-state index contributed by atoms with van der Waals surface area (Å²) in [6.07, 6.45) is -2.90. The fourth-order valence-corrected chi connectivity index (χ4v) is 5.16. The SMILES string of the molecule is Cc1ccc(NC(=O)NC(=O)c2ccc(C(F)(F)F)cc2)cc1C1CC2CNC(C)CC2N(C)C1=O. The Bertz CT molecular complexity index is 1170. The molecule has 7 nitrogen and oxygen atoms in total. The third-order valence-corrected chi connectivity index (χ3v) is 7.16. The van der Waals surface area contributed by atoms with Crippen LogP contribution >= 0.6 is 0 Å². The highest BCUT2D eigenvalue weighted by Crippen LogP contribution is 2.39. The smallest absolute Gasteiger partial charge is 0.342 e. The summed E-state index contributed by atoms with van der Waals surface area (Å²) in [6.45, 7) is 4.87. The van der Waals surface area contributed by atoms with E-state index in [0.29, 0.717) is 24.1 Å². The highest BCUT2D eigenvalue weighted by atomic mass is 19.4. The number of aryl methyl sites for hydroxylation is 1. The van der Waals surface area contributed by atoms with Crippen molar-refractivity contribution in [2.75, 3.05) is 18.9 Å². The zero-order valence-electron chi connectivity index (χ0n) is 20.3. The minimum Gasteiger partial charge on any atom is -0.342 e. The van der Waals surface area contributed by atoms with Crippen LogP contribution in [0, 0.1) is 12.8 Å². The molecule has 0 radical (unpaired) electrons. The number of likely N-dealkylation sites (N-methyl/N-ethyl adjacent to an activating group) is 1. The van der Waals surface area contributed by atoms with Gasteiger partial charge in [0.05, 0.1) is 11.5 Å². The quantitative estimate of drug-likeness (QED) is 0.584. The van der Waals surface area contributed by atoms with Crippen molar-refractivity contribution in [1.82, 2.24) is 15.5 Å². The maximum Gasteiger partial charge on any atom is 0.416 e. The summed E-state index contributed by atoms with van der Waals surface area (Å²) in [5.74, 6) is -0.796. The zero-order valence-corrected chi connectivity index (χ0v) is 20.3. The number of nitrogens with zero attached hydrogens (tertiary/aromatic N) is 1. The number of halogens is 3. The lowest BCUT2D eigenvalue weighted by Crippen LogP contribution is -2.57. The second-order valence-corrected chi connectivity index (χ2v) is 9.66. The van der Waals surface area contributed by atoms with Crippen molar-refractivity contribution in [1.29, 1.82) is 0 Å². The zero-order chi connectivity index (χ0) is 26.2. The first kappa shape index (κ1) is 25.7. The molecule has 192 valence electrons. The number of rotatable bonds is 3. The molecule has 2 heterocycles. The molecule has 10 heteroatoms. The number of piperidine rings is 2. The van der Waals surface area contributed by atoms with Gasteiger partial charge in [-0.05, 0) is 80.1 Å². The van der Waals surface area contributed by atoms with Gasteiger partial charge in [-0.25, -0.2) is 4.79 Å². The monoisotopic (exact) mass is 502 g/mol. The van der Waals surface area contributed by atoms with E-state index in [1.54, 1.807) is 12.1 Å². The molecule has 0 spiro atoms. The molecule has 4 atom stereocenters. The van der Waals surface area contributed by atoms with Crippen LogP contribution in [0.15, 0.2) is 42.5 Å². The number of amides is 4. The van der Waals surface area contributed by atoms with E-state index in [2.05, 4.69) is 22.9 Å². The maximum atomic E-state index is 13.3. The molecule has 0 saturated carbocycles. The number of carbonyl (C=O) groups is 3. The first-order valence-corrected chi connectivity index (χ1v) is 11.8. The number of likely N-dealkylation sites (tertiary alicyclic amines) is 1. The van der Waals surface area contributed by atoms with Crippen molar-refractivity contribution in [2.24, 2.45) is 5.92 Å². The van der Waals surface area contributed by atoms with Crippen LogP contribution in [0.5, 0.6) is 0 Å². The normalized spacial score (nSPS) is 24.2. The minimum atomic E-state index is -4.52. The molecule has 2 aromatic carbocycles. The Morgan fingerprint density at radius 2 is 1.78 bits per heavy atom. The maximum absolute atomic E-state index is 13.3. The van der Waals surface area contributed by atoms with Gasteiger partial charge in [0.2, 0.25) is 5.91 Å². The Balaban J connectivity index is 1.44. The topological polar surface area (TPSA) is 90.5 Å². The molecular weight excluding hydrogens is 473 g/mol. The van der Waals surface area contributed by atoms with Gasteiger partial charge >= 0.3 is 12.2 Å². The molecule has 2 aliphatic rings. The molecule has 0 aromatic heterocycles. The van der Waals surface area contributed by atoms with Crippen LogP contribution in [0.1, 0.15) is 52.7 Å². The van der Waals surface area contributed by atoms with Crippen LogP contribution in [0.4, 0.5) is 23.7 Å². The van der Waals surface area contributed by atoms with Crippen molar-refractivity contribution < 1.29 is 27.6 Å². The second-order valence-electron chi connectivity index (χ2n) is 9.66. The molecule has 0 bridgehead atoms. The van der Waals surface area contributed by atoms with Crippen LogP contribution in [-0.2, 0) is 11.0 Å². The molecule has 0 aliphatic carbocycles. The number of alkyl halides is 3. The Labute approximate surface area is 207 Å². The summed E-state index contributed by atoms with van der Waals surface area (Å²) in [5.41, 5.74) is 1.17. The number of urea groups is 1. The highest BCUT2D eigenvalue weighted by molar-refractivity contribution is 6.08. The summed E-state index contributed by atoms with van der Waals surface area (Å²) in [4.78, 5) is 39.8. The van der Waals surface area contributed by atoms with E-state index in [0.717, 1.165) is 48.4 Å². The van der Waals surface area contributed by atoms with E-state index in [9.17, 15) is 27.6 Å². The molecule has 4 rings (SSSR count). The van der Waals surface area contributed by atoms with Crippen molar-refractivity contribution in [3.63, 3.8) is 0 Å². The number of fused-ring (bicyclic) bond motifs is 1. The average molecular weight is 503 g/mol. The van der Waals surface area contributed by atoms with E-state index < -0.39 is 23.7 Å². The molecule has 4 unspecified atom stereocenters. The summed E-state index contributed by atoms with van der Waals surface area (Å²) < 4.78 is 38.2. The van der Waals surface area contributed by atoms with Crippen molar-refractivity contribution in [2.45, 2.75) is 50.9 Å². The van der Waals surface area contributed by atoms with Crippen LogP contribution in [0.3, 0.4) is 0 Å². The number of carbonyl (C=O) groups excluding carboxylic acids is 3. The standard InChI is InChI=1S/C26H29F3N4O3/c1-14-4-9-19(31-25(36)32-23(34)16-5-7-18(8-6-16)26(27,28)29)12-20(14)21-11-17-13-30-15(2)10-22(17)33(3)24(21)35/h4-9,12,15,17,21-22,30H,10-11,13H2,1-3H3,(H2,31,32,34,36). The lowest BCUT2D eigenvalue weighted by Gasteiger charge is -2.47. The summed E-state index contributed by atoms with van der Waals surface area (Å²) in [7, 11) is 1.85. The fourth-order valence-electron chi connectivity index (χ4n) is 5.16. The highest BCUT2D eigenvalue weighted by Gasteiger charge is 2.43. The molecular formula is C26H29F3N4O3. The predicted octanol–water partition coefficient (Wildman–Crippen LogP) is 4.29. The molecule has 2 aromatic rings. The second kappa shape index (κ2) is 9.93. The Kier molecular flexibility index (Phi) is 7.08. The summed E-state index contributed by atoms with van der Waals surface area (Å²) in [5, 5.41) is 8.20. The predicted molar refractivity (Wildman–Crippen MR) is 129 cm³/mol. The molecule has 2 saturated heterocycles. The largest absolute Gasteiger partial charge is 0.416 e. The first-order chi connectivity index (χ1) is 16.9. The van der Waals surface area contributed by atoms with Gasteiger partial charge in [0.15, 0.2) is 0 Å². The number of hydrogen-bond donors (Lipinski definition) is 3. The van der Waals surface area contributed by atoms with E-state index >= 15 is 0 Å². The van der Waals surface area contributed by atoms with Gasteiger partial charge in [-0.15, -0.1) is 0 Å². The van der Waals surface area contributed by atoms with Gasteiger partial charge in [-0.3, -0.25) is 14.9 Å². The van der Waals surface area contributed by atoms with Crippen LogP contribution in [-0.4, -0.2) is 48.4 Å². The molecule has 36 heavy (non-hydrogen) atoms. The van der Waals surface area contributed by atoms with E-state index in [1.807, 2.05) is 24.9 Å². The van der Waals surface area contributed by atoms with E-state index in [1.165, 1.54) is 0 Å². The van der Waals surface area contributed by atoms with Gasteiger partial charge < -0.3 is 15.5 Å². The Morgan fingerprint density at radius 3 is 2.44 bits per heavy atom. The van der Waals surface area contributed by atoms with Crippen molar-refractivity contribution in [3.05, 3.63) is 64.7 Å². The number of anilines is 1. The van der Waals surface area contributed by atoms with E-state index in [4.69, 9.17) is 0 Å². The molecule has 4 amide bonds. The van der Waals surface area contributed by atoms with Gasteiger partial charge in [0, 0.05) is 36.9 Å². The Hall–Kier alpha value is -3.40. The van der Waals surface area contributed by atoms with Crippen molar-refractivity contribution >= 4 is 23.5 Å². The van der Waals surface area contributed by atoms with Crippen LogP contribution in [0.25, 0.3) is 0 Å². The summed E-state index contributed by atoms with van der Waals surface area (Å²) >= 11 is 0. The minimum absolute atomic E-state index is 0.0486. The molecule has 2 aliphatic heterocycles. The van der Waals surface area contributed by atoms with Gasteiger partial charge in [-0.2, -0.15) is 13.2 Å². The van der Waals surface area contributed by atoms with Gasteiger partial charge in [0.1, 0.15) is 0 Å². The first-order valence-electron chi connectivity index (χ1n) is 11.8. The molecule has 3 N–H and O–H groups in total. The summed E-state index contributed by atoms with van der Waals surface area (Å²) in [6, 6.07) is 8.54. The number of imide groups is 1. The fraction of sp³-hybridized carbons (Fsp3) is 0.423. The van der Waals surface area contributed by atoms with E-state index in [-0.39, 0.29) is 23.4 Å². The van der Waals surface area contributed by atoms with Crippen LogP contribution < -0.4 is 16.0 Å². The van der Waals surface area contributed by atoms with Gasteiger partial charge in [-0.1, -0.05) is 6.07 Å².